The summed E-state index contributed by atoms with van der Waals surface area (Å²) in [7, 11) is 0. The van der Waals surface area contributed by atoms with Crippen LogP contribution in [0.5, 0.6) is 0 Å². The highest BCUT2D eigenvalue weighted by atomic mass is 15.1. The fourth-order valence-electron chi connectivity index (χ4n) is 0.704. The van der Waals surface area contributed by atoms with Gasteiger partial charge in [0, 0.05) is 19.2 Å². The first-order chi connectivity index (χ1) is 5.35. The number of nitrogens with zero attached hydrogens (tertiary/aromatic N) is 2. The molecule has 0 aliphatic rings. The van der Waals surface area contributed by atoms with Gasteiger partial charge in [0.2, 0.25) is 0 Å². The van der Waals surface area contributed by atoms with E-state index in [9.17, 15) is 0 Å². The van der Waals surface area contributed by atoms with E-state index in [0.717, 1.165) is 13.1 Å². The highest BCUT2D eigenvalue weighted by molar-refractivity contribution is 5.11. The highest BCUT2D eigenvalue weighted by Crippen LogP contribution is 1.88. The first-order valence-corrected chi connectivity index (χ1v) is 3.82. The molecule has 60 valence electrons. The Labute approximate surface area is 68.4 Å². The van der Waals surface area contributed by atoms with Gasteiger partial charge in [-0.1, -0.05) is 6.08 Å². The van der Waals surface area contributed by atoms with Crippen molar-refractivity contribution in [2.75, 3.05) is 13.1 Å². The normalized spacial score (nSPS) is 10.6. The molecule has 0 aliphatic heterocycles. The molecule has 0 spiro atoms. The second-order valence-electron chi connectivity index (χ2n) is 2.05. The molecule has 0 amide bonds. The van der Waals surface area contributed by atoms with Crippen LogP contribution in [0.4, 0.5) is 0 Å². The van der Waals surface area contributed by atoms with E-state index in [2.05, 4.69) is 18.7 Å². The Bertz CT molecular complexity index is 170. The average molecular weight is 150 g/mol. The molecular formula is C9H14N2. The van der Waals surface area contributed by atoms with Crippen LogP contribution in [-0.4, -0.2) is 18.0 Å². The number of hydrogen-bond acceptors (Lipinski definition) is 2. The molecule has 0 saturated carbocycles. The number of hydrogen-bond donors (Lipinski definition) is 0. The van der Waals surface area contributed by atoms with E-state index in [1.807, 2.05) is 18.3 Å². The fraction of sp³-hybridized carbons (Fsp3) is 0.444. The molecule has 0 bridgehead atoms. The lowest BCUT2D eigenvalue weighted by Gasteiger charge is -2.13. The molecule has 0 N–H and O–H groups in total. The van der Waals surface area contributed by atoms with Crippen LogP contribution >= 0.6 is 0 Å². The van der Waals surface area contributed by atoms with Gasteiger partial charge in [-0.15, -0.1) is 0 Å². The first-order valence-electron chi connectivity index (χ1n) is 3.82. The van der Waals surface area contributed by atoms with Gasteiger partial charge >= 0.3 is 0 Å². The topological polar surface area (TPSA) is 27.0 Å². The predicted octanol–water partition coefficient (Wildman–Crippen LogP) is 1.92. The molecule has 0 unspecified atom stereocenters. The van der Waals surface area contributed by atoms with Gasteiger partial charge in [-0.05, 0) is 26.1 Å². The Morgan fingerprint density at radius 2 is 1.91 bits per heavy atom. The Hall–Kier alpha value is -1.23. The Morgan fingerprint density at radius 1 is 1.27 bits per heavy atom. The van der Waals surface area contributed by atoms with Crippen molar-refractivity contribution < 1.29 is 0 Å². The molecule has 0 aromatic rings. The zero-order chi connectivity index (χ0) is 8.53. The molecule has 0 aromatic carbocycles. The van der Waals surface area contributed by atoms with Gasteiger partial charge in [0.15, 0.2) is 0 Å². The molecular weight excluding hydrogens is 136 g/mol. The second kappa shape index (κ2) is 6.88. The van der Waals surface area contributed by atoms with Gasteiger partial charge in [0.1, 0.15) is 0 Å². The summed E-state index contributed by atoms with van der Waals surface area (Å²) in [6, 6.07) is 1.93. The van der Waals surface area contributed by atoms with Crippen molar-refractivity contribution >= 4 is 0 Å². The minimum absolute atomic E-state index is 1.01. The quantitative estimate of drug-likeness (QED) is 0.452. The molecule has 2 heteroatoms. The molecule has 0 atom stereocenters. The maximum absolute atomic E-state index is 8.16. The van der Waals surface area contributed by atoms with E-state index in [1.54, 1.807) is 6.08 Å². The monoisotopic (exact) mass is 150 g/mol. The third-order valence-corrected chi connectivity index (χ3v) is 1.39. The number of allylic oxidation sites excluding steroid dienone is 3. The van der Waals surface area contributed by atoms with Gasteiger partial charge in [-0.2, -0.15) is 5.26 Å². The molecule has 11 heavy (non-hydrogen) atoms. The van der Waals surface area contributed by atoms with Crippen LogP contribution in [0, 0.1) is 11.3 Å². The van der Waals surface area contributed by atoms with E-state index in [1.165, 1.54) is 6.08 Å². The zero-order valence-electron chi connectivity index (χ0n) is 7.12. The molecule has 0 fully saturated rings. The molecule has 0 radical (unpaired) electrons. The summed E-state index contributed by atoms with van der Waals surface area (Å²) in [5.41, 5.74) is 0. The van der Waals surface area contributed by atoms with Gasteiger partial charge in [-0.25, -0.2) is 0 Å². The van der Waals surface area contributed by atoms with Crippen LogP contribution < -0.4 is 0 Å². The van der Waals surface area contributed by atoms with Gasteiger partial charge in [0.25, 0.3) is 0 Å². The summed E-state index contributed by atoms with van der Waals surface area (Å²) < 4.78 is 0. The Balaban J connectivity index is 3.72. The van der Waals surface area contributed by atoms with Crippen LogP contribution in [0.3, 0.4) is 0 Å². The van der Waals surface area contributed by atoms with Crippen LogP contribution in [-0.2, 0) is 0 Å². The largest absolute Gasteiger partial charge is 0.378 e. The van der Waals surface area contributed by atoms with Crippen molar-refractivity contribution in [1.29, 1.82) is 5.26 Å². The summed E-state index contributed by atoms with van der Waals surface area (Å²) >= 11 is 0. The maximum Gasteiger partial charge on any atom is 0.0912 e. The first kappa shape index (κ1) is 9.77. The summed E-state index contributed by atoms with van der Waals surface area (Å²) in [6.45, 7) is 6.21. The zero-order valence-corrected chi connectivity index (χ0v) is 7.12. The number of nitriles is 1. The minimum atomic E-state index is 1.01. The smallest absolute Gasteiger partial charge is 0.0912 e. The van der Waals surface area contributed by atoms with Crippen LogP contribution in [0.1, 0.15) is 13.8 Å². The maximum atomic E-state index is 8.16. The minimum Gasteiger partial charge on any atom is -0.378 e. The lowest BCUT2D eigenvalue weighted by atomic mass is 10.4. The lowest BCUT2D eigenvalue weighted by molar-refractivity contribution is 0.419. The number of rotatable bonds is 4. The van der Waals surface area contributed by atoms with E-state index >= 15 is 0 Å². The highest BCUT2D eigenvalue weighted by Gasteiger charge is 1.85. The van der Waals surface area contributed by atoms with Gasteiger partial charge < -0.3 is 4.90 Å². The van der Waals surface area contributed by atoms with E-state index < -0.39 is 0 Å². The summed E-state index contributed by atoms with van der Waals surface area (Å²) in [5, 5.41) is 8.16. The van der Waals surface area contributed by atoms with Crippen molar-refractivity contribution in [3.8, 4) is 6.07 Å². The average Bonchev–Trinajstić information content (AvgIpc) is 2.05. The fourth-order valence-corrected chi connectivity index (χ4v) is 0.704. The van der Waals surface area contributed by atoms with Gasteiger partial charge in [0.05, 0.1) is 6.07 Å². The summed E-state index contributed by atoms with van der Waals surface area (Å²) in [5.74, 6) is 0. The molecule has 0 saturated heterocycles. The standard InChI is InChI=1S/C9H14N2/c1-3-11(4-2)9-7-5-6-8-10/h5-7,9H,3-4H2,1-2H3/b6-5-,9-7+. The second-order valence-corrected chi connectivity index (χ2v) is 2.05. The molecule has 0 aromatic heterocycles. The molecule has 0 heterocycles. The molecule has 0 rings (SSSR count). The molecule has 0 aliphatic carbocycles. The third kappa shape index (κ3) is 5.23. The van der Waals surface area contributed by atoms with Crippen molar-refractivity contribution in [2.45, 2.75) is 13.8 Å². The van der Waals surface area contributed by atoms with Crippen molar-refractivity contribution in [3.63, 3.8) is 0 Å². The van der Waals surface area contributed by atoms with Gasteiger partial charge in [-0.3, -0.25) is 0 Å². The van der Waals surface area contributed by atoms with Crippen LogP contribution in [0.15, 0.2) is 24.4 Å². The Morgan fingerprint density at radius 3 is 2.36 bits per heavy atom. The predicted molar refractivity (Wildman–Crippen MR) is 46.8 cm³/mol. The summed E-state index contributed by atoms with van der Waals surface area (Å²) in [6.07, 6.45) is 7.04. The van der Waals surface area contributed by atoms with E-state index in [-0.39, 0.29) is 0 Å². The lowest BCUT2D eigenvalue weighted by Crippen LogP contribution is -2.14. The molecule has 2 nitrogen and oxygen atoms in total. The van der Waals surface area contributed by atoms with Crippen molar-refractivity contribution in [3.05, 3.63) is 24.4 Å². The van der Waals surface area contributed by atoms with Crippen LogP contribution in [0.25, 0.3) is 0 Å². The van der Waals surface area contributed by atoms with Crippen molar-refractivity contribution in [2.24, 2.45) is 0 Å². The van der Waals surface area contributed by atoms with Crippen LogP contribution in [0.2, 0.25) is 0 Å². The Kier molecular flexibility index (Phi) is 6.11. The van der Waals surface area contributed by atoms with E-state index in [0.29, 0.717) is 0 Å². The van der Waals surface area contributed by atoms with Crippen molar-refractivity contribution in [1.82, 2.24) is 4.90 Å². The van der Waals surface area contributed by atoms with E-state index in [4.69, 9.17) is 5.26 Å². The summed E-state index contributed by atoms with van der Waals surface area (Å²) in [4.78, 5) is 2.15. The SMILES string of the molecule is CCN(/C=C/C=C\C#N)CC. The third-order valence-electron chi connectivity index (χ3n) is 1.39.